The largest absolute Gasteiger partial charge is 0.369 e. The van der Waals surface area contributed by atoms with Crippen molar-refractivity contribution in [1.82, 2.24) is 0 Å². The first-order valence-electron chi connectivity index (χ1n) is 8.60. The van der Waals surface area contributed by atoms with Crippen LogP contribution < -0.4 is 0 Å². The molecule has 2 rings (SSSR count). The number of fused-ring (bicyclic) bond motifs is 1. The smallest absolute Gasteiger partial charge is 0.157 e. The van der Waals surface area contributed by atoms with Crippen molar-refractivity contribution in [2.75, 3.05) is 13.7 Å². The molecule has 0 spiro atoms. The van der Waals surface area contributed by atoms with Gasteiger partial charge in [-0.05, 0) is 37.5 Å². The highest BCUT2D eigenvalue weighted by atomic mass is 16.7. The Kier molecular flexibility index (Phi) is 6.79. The molecule has 118 valence electrons. The topological polar surface area (TPSA) is 31.0 Å². The van der Waals surface area contributed by atoms with Gasteiger partial charge in [0, 0.05) is 20.1 Å². The summed E-state index contributed by atoms with van der Waals surface area (Å²) in [4.78, 5) is 0. The minimum absolute atomic E-state index is 0.0241. The van der Waals surface area contributed by atoms with Crippen LogP contribution in [0, 0.1) is 11.8 Å². The van der Waals surface area contributed by atoms with E-state index in [9.17, 15) is 0 Å². The molecule has 5 unspecified atom stereocenters. The summed E-state index contributed by atoms with van der Waals surface area (Å²) in [6.45, 7) is 5.21. The third-order valence-corrected chi connectivity index (χ3v) is 4.88. The van der Waals surface area contributed by atoms with E-state index < -0.39 is 0 Å². The molecule has 1 saturated carbocycles. The molecular weight excluding hydrogens is 252 g/mol. The Bertz CT molecular complexity index is 269. The summed E-state index contributed by atoms with van der Waals surface area (Å²) in [5.41, 5.74) is 0. The zero-order valence-corrected chi connectivity index (χ0v) is 13.5. The minimum atomic E-state index is -0.0241. The Hall–Kier alpha value is -0.120. The number of hydrogen-bond donors (Lipinski definition) is 0. The second kappa shape index (κ2) is 8.35. The first kappa shape index (κ1) is 16.3. The van der Waals surface area contributed by atoms with E-state index in [0.29, 0.717) is 12.2 Å². The van der Waals surface area contributed by atoms with Gasteiger partial charge in [-0.3, -0.25) is 0 Å². The maximum Gasteiger partial charge on any atom is 0.157 e. The van der Waals surface area contributed by atoms with Crippen molar-refractivity contribution >= 4 is 0 Å². The van der Waals surface area contributed by atoms with Crippen molar-refractivity contribution in [1.29, 1.82) is 0 Å². The minimum Gasteiger partial charge on any atom is -0.369 e. The Morgan fingerprint density at radius 2 is 2.00 bits per heavy atom. The van der Waals surface area contributed by atoms with E-state index in [-0.39, 0.29) is 6.29 Å². The van der Waals surface area contributed by atoms with E-state index in [1.54, 1.807) is 7.11 Å². The molecule has 20 heavy (non-hydrogen) atoms. The molecule has 0 bridgehead atoms. The van der Waals surface area contributed by atoms with Crippen molar-refractivity contribution < 1.29 is 14.2 Å². The van der Waals surface area contributed by atoms with Crippen LogP contribution in [0.2, 0.25) is 0 Å². The van der Waals surface area contributed by atoms with Crippen LogP contribution in [0.4, 0.5) is 0 Å². The number of epoxide rings is 1. The second-order valence-electron chi connectivity index (χ2n) is 6.41. The summed E-state index contributed by atoms with van der Waals surface area (Å²) in [5.74, 6) is 1.46. The number of methoxy groups -OCH3 is 1. The van der Waals surface area contributed by atoms with Crippen molar-refractivity contribution in [2.45, 2.75) is 83.7 Å². The van der Waals surface area contributed by atoms with E-state index in [0.717, 1.165) is 31.3 Å². The van der Waals surface area contributed by atoms with E-state index in [1.807, 2.05) is 0 Å². The van der Waals surface area contributed by atoms with E-state index >= 15 is 0 Å². The van der Waals surface area contributed by atoms with Gasteiger partial charge in [0.05, 0.1) is 12.2 Å². The van der Waals surface area contributed by atoms with Crippen LogP contribution >= 0.6 is 0 Å². The highest BCUT2D eigenvalue weighted by Crippen LogP contribution is 2.47. The Morgan fingerprint density at radius 1 is 1.15 bits per heavy atom. The van der Waals surface area contributed by atoms with E-state index in [4.69, 9.17) is 14.2 Å². The van der Waals surface area contributed by atoms with Gasteiger partial charge in [0.1, 0.15) is 0 Å². The zero-order chi connectivity index (χ0) is 14.4. The van der Waals surface area contributed by atoms with Crippen LogP contribution in [0.15, 0.2) is 0 Å². The second-order valence-corrected chi connectivity index (χ2v) is 6.41. The fourth-order valence-corrected chi connectivity index (χ4v) is 3.68. The Labute approximate surface area is 124 Å². The average Bonchev–Trinajstić information content (AvgIpc) is 3.24. The molecule has 1 heterocycles. The standard InChI is InChI=1S/C17H32O3/c1-4-6-7-8-14-13(9-10-15-17(14)20-15)12-16(18-3)19-11-5-2/h13-17H,4-12H2,1-3H3. The van der Waals surface area contributed by atoms with Gasteiger partial charge in [-0.25, -0.2) is 0 Å². The molecular formula is C17H32O3. The van der Waals surface area contributed by atoms with Gasteiger partial charge in [0.15, 0.2) is 6.29 Å². The molecule has 2 aliphatic rings. The van der Waals surface area contributed by atoms with Gasteiger partial charge < -0.3 is 14.2 Å². The molecule has 5 atom stereocenters. The summed E-state index contributed by atoms with van der Waals surface area (Å²) in [6, 6.07) is 0. The summed E-state index contributed by atoms with van der Waals surface area (Å²) >= 11 is 0. The van der Waals surface area contributed by atoms with E-state index in [1.165, 1.54) is 38.5 Å². The molecule has 3 nitrogen and oxygen atoms in total. The molecule has 3 heteroatoms. The van der Waals surface area contributed by atoms with Crippen LogP contribution in [0.25, 0.3) is 0 Å². The summed E-state index contributed by atoms with van der Waals surface area (Å²) < 4.78 is 17.2. The lowest BCUT2D eigenvalue weighted by molar-refractivity contribution is -0.138. The van der Waals surface area contributed by atoms with Gasteiger partial charge in [-0.2, -0.15) is 0 Å². The first-order chi connectivity index (χ1) is 9.80. The van der Waals surface area contributed by atoms with Crippen molar-refractivity contribution in [3.63, 3.8) is 0 Å². The fourth-order valence-electron chi connectivity index (χ4n) is 3.68. The quantitative estimate of drug-likeness (QED) is 0.343. The summed E-state index contributed by atoms with van der Waals surface area (Å²) in [6.07, 6.45) is 11.0. The molecule has 0 aromatic carbocycles. The lowest BCUT2D eigenvalue weighted by atomic mass is 9.75. The monoisotopic (exact) mass is 284 g/mol. The SMILES string of the molecule is CCCCCC1C(CC(OC)OCCC)CCC2OC21. The van der Waals surface area contributed by atoms with Crippen LogP contribution in [0.5, 0.6) is 0 Å². The number of rotatable bonds is 10. The molecule has 0 radical (unpaired) electrons. The summed E-state index contributed by atoms with van der Waals surface area (Å²) in [7, 11) is 1.77. The third-order valence-electron chi connectivity index (χ3n) is 4.88. The zero-order valence-electron chi connectivity index (χ0n) is 13.5. The number of unbranched alkanes of at least 4 members (excludes halogenated alkanes) is 2. The first-order valence-corrected chi connectivity index (χ1v) is 8.60. The Balaban J connectivity index is 1.82. The average molecular weight is 284 g/mol. The maximum atomic E-state index is 5.87. The van der Waals surface area contributed by atoms with Gasteiger partial charge >= 0.3 is 0 Å². The molecule has 2 fully saturated rings. The van der Waals surface area contributed by atoms with Crippen LogP contribution in [0.1, 0.15) is 65.2 Å². The van der Waals surface area contributed by atoms with Gasteiger partial charge in [0.2, 0.25) is 0 Å². The predicted octanol–water partition coefficient (Wildman–Crippen LogP) is 4.15. The Morgan fingerprint density at radius 3 is 2.70 bits per heavy atom. The molecule has 1 saturated heterocycles. The lowest BCUT2D eigenvalue weighted by Gasteiger charge is -2.31. The van der Waals surface area contributed by atoms with Crippen molar-refractivity contribution in [3.05, 3.63) is 0 Å². The van der Waals surface area contributed by atoms with Gasteiger partial charge in [0.25, 0.3) is 0 Å². The third kappa shape index (κ3) is 4.44. The molecule has 0 amide bonds. The van der Waals surface area contributed by atoms with Crippen molar-refractivity contribution in [2.24, 2.45) is 11.8 Å². The highest BCUT2D eigenvalue weighted by molar-refractivity contribution is 4.98. The molecule has 0 N–H and O–H groups in total. The van der Waals surface area contributed by atoms with Crippen LogP contribution in [0.3, 0.4) is 0 Å². The van der Waals surface area contributed by atoms with Crippen LogP contribution in [-0.4, -0.2) is 32.2 Å². The predicted molar refractivity (Wildman–Crippen MR) is 80.7 cm³/mol. The maximum absolute atomic E-state index is 5.87. The highest BCUT2D eigenvalue weighted by Gasteiger charge is 2.50. The molecule has 1 aliphatic carbocycles. The number of ether oxygens (including phenoxy) is 3. The number of hydrogen-bond acceptors (Lipinski definition) is 3. The molecule has 0 aromatic rings. The molecule has 0 aromatic heterocycles. The summed E-state index contributed by atoms with van der Waals surface area (Å²) in [5, 5.41) is 0. The molecule has 1 aliphatic heterocycles. The van der Waals surface area contributed by atoms with Crippen molar-refractivity contribution in [3.8, 4) is 0 Å². The van der Waals surface area contributed by atoms with Gasteiger partial charge in [-0.1, -0.05) is 33.1 Å². The normalized spacial score (nSPS) is 33.8. The van der Waals surface area contributed by atoms with Crippen LogP contribution in [-0.2, 0) is 14.2 Å². The lowest BCUT2D eigenvalue weighted by Crippen LogP contribution is -2.31. The fraction of sp³-hybridized carbons (Fsp3) is 1.00. The van der Waals surface area contributed by atoms with E-state index in [2.05, 4.69) is 13.8 Å². The van der Waals surface area contributed by atoms with Gasteiger partial charge in [-0.15, -0.1) is 0 Å².